The first-order valence-corrected chi connectivity index (χ1v) is 6.91. The second-order valence-corrected chi connectivity index (χ2v) is 5.02. The molecule has 1 fully saturated rings. The second kappa shape index (κ2) is 6.78. The van der Waals surface area contributed by atoms with Gasteiger partial charge in [0, 0.05) is 38.7 Å². The molecule has 0 aliphatic carbocycles. The van der Waals surface area contributed by atoms with Gasteiger partial charge in [0.25, 0.3) is 0 Å². The molecule has 0 spiro atoms. The fraction of sp³-hybridized carbons (Fsp3) is 0.600. The quantitative estimate of drug-likeness (QED) is 0.801. The number of hydrogen-bond donors (Lipinski definition) is 1. The van der Waals surface area contributed by atoms with E-state index in [0.717, 1.165) is 18.8 Å². The normalized spacial score (nSPS) is 16.9. The van der Waals surface area contributed by atoms with Crippen LogP contribution in [0.1, 0.15) is 19.8 Å². The lowest BCUT2D eigenvalue weighted by Crippen LogP contribution is -2.33. The third-order valence-electron chi connectivity index (χ3n) is 3.58. The SMILES string of the molecule is COC(OC)C(C)Nc1cccc(N2CCCC2)c1. The second-order valence-electron chi connectivity index (χ2n) is 5.02. The van der Waals surface area contributed by atoms with Crippen LogP contribution in [0.15, 0.2) is 24.3 Å². The first-order valence-electron chi connectivity index (χ1n) is 6.91. The minimum Gasteiger partial charge on any atom is -0.377 e. The highest BCUT2D eigenvalue weighted by Gasteiger charge is 2.16. The van der Waals surface area contributed by atoms with Crippen molar-refractivity contribution in [2.24, 2.45) is 0 Å². The summed E-state index contributed by atoms with van der Waals surface area (Å²) >= 11 is 0. The molecule has 2 rings (SSSR count). The van der Waals surface area contributed by atoms with Crippen molar-refractivity contribution in [3.63, 3.8) is 0 Å². The molecule has 1 aliphatic heterocycles. The summed E-state index contributed by atoms with van der Waals surface area (Å²) in [6, 6.07) is 8.65. The minimum absolute atomic E-state index is 0.101. The average molecular weight is 264 g/mol. The van der Waals surface area contributed by atoms with Crippen molar-refractivity contribution < 1.29 is 9.47 Å². The van der Waals surface area contributed by atoms with E-state index < -0.39 is 0 Å². The van der Waals surface area contributed by atoms with Gasteiger partial charge < -0.3 is 19.7 Å². The first-order chi connectivity index (χ1) is 9.24. The van der Waals surface area contributed by atoms with Gasteiger partial charge in [-0.15, -0.1) is 0 Å². The Bertz CT molecular complexity index is 387. The molecule has 1 heterocycles. The van der Waals surface area contributed by atoms with E-state index in [-0.39, 0.29) is 12.3 Å². The highest BCUT2D eigenvalue weighted by molar-refractivity contribution is 5.58. The number of nitrogens with one attached hydrogen (secondary N) is 1. The standard InChI is InChI=1S/C15H24N2O2/c1-12(15(18-2)19-3)16-13-7-6-8-14(11-13)17-9-4-5-10-17/h6-8,11-12,15-16H,4-5,9-10H2,1-3H3. The van der Waals surface area contributed by atoms with Crippen LogP contribution >= 0.6 is 0 Å². The summed E-state index contributed by atoms with van der Waals surface area (Å²) in [7, 11) is 3.32. The lowest BCUT2D eigenvalue weighted by Gasteiger charge is -2.24. The zero-order valence-electron chi connectivity index (χ0n) is 12.1. The van der Waals surface area contributed by atoms with Crippen molar-refractivity contribution in [1.82, 2.24) is 0 Å². The van der Waals surface area contributed by atoms with Crippen LogP contribution in [-0.4, -0.2) is 39.6 Å². The third kappa shape index (κ3) is 3.61. The van der Waals surface area contributed by atoms with Gasteiger partial charge in [0.05, 0.1) is 6.04 Å². The lowest BCUT2D eigenvalue weighted by atomic mass is 10.2. The van der Waals surface area contributed by atoms with Gasteiger partial charge in [-0.2, -0.15) is 0 Å². The Morgan fingerprint density at radius 2 is 1.84 bits per heavy atom. The van der Waals surface area contributed by atoms with E-state index in [4.69, 9.17) is 9.47 Å². The molecule has 1 aliphatic rings. The van der Waals surface area contributed by atoms with Crippen LogP contribution in [0, 0.1) is 0 Å². The molecule has 1 aromatic carbocycles. The molecular weight excluding hydrogens is 240 g/mol. The van der Waals surface area contributed by atoms with E-state index >= 15 is 0 Å². The van der Waals surface area contributed by atoms with Gasteiger partial charge in [-0.1, -0.05) is 6.07 Å². The number of hydrogen-bond acceptors (Lipinski definition) is 4. The number of ether oxygens (including phenoxy) is 2. The monoisotopic (exact) mass is 264 g/mol. The minimum atomic E-state index is -0.240. The zero-order chi connectivity index (χ0) is 13.7. The van der Waals surface area contributed by atoms with E-state index in [0.29, 0.717) is 0 Å². The number of benzene rings is 1. The Morgan fingerprint density at radius 1 is 1.16 bits per heavy atom. The molecule has 1 atom stereocenters. The van der Waals surface area contributed by atoms with Crippen LogP contribution in [0.5, 0.6) is 0 Å². The molecule has 4 nitrogen and oxygen atoms in total. The van der Waals surface area contributed by atoms with Gasteiger partial charge in [0.15, 0.2) is 6.29 Å². The van der Waals surface area contributed by atoms with Gasteiger partial charge in [-0.3, -0.25) is 0 Å². The summed E-state index contributed by atoms with van der Waals surface area (Å²) in [5.74, 6) is 0. The number of anilines is 2. The van der Waals surface area contributed by atoms with Gasteiger partial charge in [-0.25, -0.2) is 0 Å². The summed E-state index contributed by atoms with van der Waals surface area (Å²) in [6.07, 6.45) is 2.35. The Morgan fingerprint density at radius 3 is 2.47 bits per heavy atom. The predicted octanol–water partition coefficient (Wildman–Crippen LogP) is 2.71. The van der Waals surface area contributed by atoms with Gasteiger partial charge >= 0.3 is 0 Å². The third-order valence-corrected chi connectivity index (χ3v) is 3.58. The molecule has 4 heteroatoms. The maximum atomic E-state index is 5.27. The van der Waals surface area contributed by atoms with Crippen LogP contribution < -0.4 is 10.2 Å². The molecule has 0 bridgehead atoms. The summed E-state index contributed by atoms with van der Waals surface area (Å²) in [6.45, 7) is 4.38. The number of nitrogens with zero attached hydrogens (tertiary/aromatic N) is 1. The fourth-order valence-electron chi connectivity index (χ4n) is 2.60. The van der Waals surface area contributed by atoms with Crippen LogP contribution in [0.3, 0.4) is 0 Å². The Hall–Kier alpha value is -1.26. The van der Waals surface area contributed by atoms with Crippen molar-refractivity contribution >= 4 is 11.4 Å². The van der Waals surface area contributed by atoms with Crippen molar-refractivity contribution in [1.29, 1.82) is 0 Å². The highest BCUT2D eigenvalue weighted by atomic mass is 16.7. The first kappa shape index (κ1) is 14.2. The van der Waals surface area contributed by atoms with E-state index in [1.807, 2.05) is 0 Å². The highest BCUT2D eigenvalue weighted by Crippen LogP contribution is 2.24. The fourth-order valence-corrected chi connectivity index (χ4v) is 2.60. The van der Waals surface area contributed by atoms with Gasteiger partial charge in [0.1, 0.15) is 0 Å². The smallest absolute Gasteiger partial charge is 0.176 e. The summed E-state index contributed by atoms with van der Waals surface area (Å²) < 4.78 is 10.5. The molecule has 0 radical (unpaired) electrons. The van der Waals surface area contributed by atoms with E-state index in [1.54, 1.807) is 14.2 Å². The van der Waals surface area contributed by atoms with Crippen LogP contribution in [0.25, 0.3) is 0 Å². The van der Waals surface area contributed by atoms with Crippen LogP contribution in [-0.2, 0) is 9.47 Å². The summed E-state index contributed by atoms with van der Waals surface area (Å²) in [5.41, 5.74) is 2.40. The summed E-state index contributed by atoms with van der Waals surface area (Å²) in [4.78, 5) is 2.43. The molecule has 1 aromatic rings. The topological polar surface area (TPSA) is 33.7 Å². The van der Waals surface area contributed by atoms with Gasteiger partial charge in [0.2, 0.25) is 0 Å². The number of rotatable bonds is 6. The Labute approximate surface area is 115 Å². The molecule has 0 saturated carbocycles. The Balaban J connectivity index is 2.02. The van der Waals surface area contributed by atoms with Crippen molar-refractivity contribution in [3.8, 4) is 0 Å². The molecular formula is C15H24N2O2. The summed E-state index contributed by atoms with van der Waals surface area (Å²) in [5, 5.41) is 3.43. The zero-order valence-corrected chi connectivity index (χ0v) is 12.1. The van der Waals surface area contributed by atoms with E-state index in [1.165, 1.54) is 18.5 Å². The molecule has 1 unspecified atom stereocenters. The molecule has 1 saturated heterocycles. The maximum Gasteiger partial charge on any atom is 0.176 e. The maximum absolute atomic E-state index is 5.27. The lowest BCUT2D eigenvalue weighted by molar-refractivity contribution is -0.109. The van der Waals surface area contributed by atoms with Crippen molar-refractivity contribution in [2.45, 2.75) is 32.1 Å². The molecule has 1 N–H and O–H groups in total. The van der Waals surface area contributed by atoms with Crippen LogP contribution in [0.4, 0.5) is 11.4 Å². The molecule has 0 amide bonds. The van der Waals surface area contributed by atoms with Gasteiger partial charge in [-0.05, 0) is 38.0 Å². The van der Waals surface area contributed by atoms with Crippen molar-refractivity contribution in [3.05, 3.63) is 24.3 Å². The molecule has 19 heavy (non-hydrogen) atoms. The van der Waals surface area contributed by atoms with E-state index in [9.17, 15) is 0 Å². The van der Waals surface area contributed by atoms with E-state index in [2.05, 4.69) is 41.4 Å². The largest absolute Gasteiger partial charge is 0.377 e. The predicted molar refractivity (Wildman–Crippen MR) is 78.8 cm³/mol. The number of methoxy groups -OCH3 is 2. The Kier molecular flexibility index (Phi) is 5.05. The molecule has 0 aromatic heterocycles. The average Bonchev–Trinajstić information content (AvgIpc) is 2.94. The van der Waals surface area contributed by atoms with Crippen LogP contribution in [0.2, 0.25) is 0 Å². The van der Waals surface area contributed by atoms with Crippen molar-refractivity contribution in [2.75, 3.05) is 37.5 Å². The molecule has 106 valence electrons.